The van der Waals surface area contributed by atoms with Gasteiger partial charge in [-0.3, -0.25) is 4.68 Å². The highest BCUT2D eigenvalue weighted by atomic mass is 16.5. The van der Waals surface area contributed by atoms with Crippen LogP contribution in [0.1, 0.15) is 59.7 Å². The van der Waals surface area contributed by atoms with Crippen molar-refractivity contribution in [2.75, 3.05) is 19.8 Å². The maximum absolute atomic E-state index is 13.7. The third-order valence-electron chi connectivity index (χ3n) is 8.47. The van der Waals surface area contributed by atoms with E-state index in [2.05, 4.69) is 54.8 Å². The van der Waals surface area contributed by atoms with Crippen molar-refractivity contribution in [1.82, 2.24) is 14.3 Å². The highest BCUT2D eigenvalue weighted by Gasteiger charge is 2.29. The SMILES string of the molecule is CCCc1nn(C)c2c1-c1c(C)ccc3c(CCCOc4cccc5ccccc45)c(C(=O)OCC)n(c13)C/C=C\COC2. The van der Waals surface area contributed by atoms with Gasteiger partial charge >= 0.3 is 5.97 Å². The van der Waals surface area contributed by atoms with Crippen molar-refractivity contribution >= 4 is 27.6 Å². The molecule has 1 aliphatic rings. The average molecular weight is 592 g/mol. The lowest BCUT2D eigenvalue weighted by Gasteiger charge is -2.15. The molecule has 0 fully saturated rings. The van der Waals surface area contributed by atoms with Crippen molar-refractivity contribution < 1.29 is 19.0 Å². The van der Waals surface area contributed by atoms with E-state index in [-0.39, 0.29) is 5.97 Å². The quantitative estimate of drug-likeness (QED) is 0.0997. The van der Waals surface area contributed by atoms with Gasteiger partial charge in [0.05, 0.1) is 43.3 Å². The molecule has 0 spiro atoms. The lowest BCUT2D eigenvalue weighted by Crippen LogP contribution is -2.14. The molecule has 3 aromatic carbocycles. The van der Waals surface area contributed by atoms with E-state index in [9.17, 15) is 4.79 Å². The van der Waals surface area contributed by atoms with Crippen LogP contribution in [0.2, 0.25) is 0 Å². The van der Waals surface area contributed by atoms with Crippen LogP contribution in [-0.4, -0.2) is 40.1 Å². The molecule has 7 heteroatoms. The number of aromatic nitrogens is 3. The number of carbonyl (C=O) groups excluding carboxylic acids is 1. The molecule has 0 aliphatic carbocycles. The summed E-state index contributed by atoms with van der Waals surface area (Å²) in [6, 6.07) is 18.8. The van der Waals surface area contributed by atoms with Gasteiger partial charge in [0, 0.05) is 35.5 Å². The fraction of sp³-hybridized carbons (Fsp3) is 0.351. The first kappa shape index (κ1) is 29.7. The molecule has 0 saturated heterocycles. The number of hydrogen-bond donors (Lipinski definition) is 0. The van der Waals surface area contributed by atoms with E-state index in [1.807, 2.05) is 49.0 Å². The largest absolute Gasteiger partial charge is 0.493 e. The lowest BCUT2D eigenvalue weighted by molar-refractivity contribution is 0.0513. The Kier molecular flexibility index (Phi) is 8.84. The van der Waals surface area contributed by atoms with Crippen LogP contribution in [0.3, 0.4) is 0 Å². The van der Waals surface area contributed by atoms with E-state index in [0.717, 1.165) is 80.3 Å². The second kappa shape index (κ2) is 13.1. The van der Waals surface area contributed by atoms with Gasteiger partial charge in [0.1, 0.15) is 11.4 Å². The number of carbonyl (C=O) groups is 1. The predicted octanol–water partition coefficient (Wildman–Crippen LogP) is 7.73. The van der Waals surface area contributed by atoms with E-state index in [1.165, 1.54) is 0 Å². The molecule has 3 heterocycles. The number of esters is 1. The molecule has 0 unspecified atom stereocenters. The van der Waals surface area contributed by atoms with E-state index >= 15 is 0 Å². The first-order chi connectivity index (χ1) is 21.5. The van der Waals surface area contributed by atoms with Crippen LogP contribution >= 0.6 is 0 Å². The van der Waals surface area contributed by atoms with Crippen molar-refractivity contribution in [2.24, 2.45) is 7.05 Å². The summed E-state index contributed by atoms with van der Waals surface area (Å²) in [6.45, 7) is 8.52. The number of nitrogens with zero attached hydrogens (tertiary/aromatic N) is 3. The molecular weight excluding hydrogens is 550 g/mol. The Hall–Kier alpha value is -4.36. The minimum Gasteiger partial charge on any atom is -0.493 e. The van der Waals surface area contributed by atoms with Gasteiger partial charge in [-0.25, -0.2) is 4.79 Å². The molecule has 1 aliphatic heterocycles. The fourth-order valence-corrected chi connectivity index (χ4v) is 6.51. The molecule has 0 radical (unpaired) electrons. The topological polar surface area (TPSA) is 67.5 Å². The Bertz CT molecular complexity index is 1840. The second-order valence-electron chi connectivity index (χ2n) is 11.4. The smallest absolute Gasteiger partial charge is 0.355 e. The summed E-state index contributed by atoms with van der Waals surface area (Å²) in [5.41, 5.74) is 8.18. The summed E-state index contributed by atoms with van der Waals surface area (Å²) in [5.74, 6) is 0.584. The molecule has 228 valence electrons. The number of allylic oxidation sites excluding steroid dienone is 1. The van der Waals surface area contributed by atoms with Gasteiger partial charge in [-0.05, 0) is 55.7 Å². The lowest BCUT2D eigenvalue weighted by atomic mass is 9.93. The van der Waals surface area contributed by atoms with Crippen LogP contribution in [0.25, 0.3) is 32.8 Å². The van der Waals surface area contributed by atoms with Crippen LogP contribution in [0.4, 0.5) is 0 Å². The molecule has 5 aromatic rings. The summed E-state index contributed by atoms with van der Waals surface area (Å²) in [7, 11) is 2.00. The molecule has 0 saturated carbocycles. The van der Waals surface area contributed by atoms with Gasteiger partial charge < -0.3 is 18.8 Å². The molecule has 6 rings (SSSR count). The average Bonchev–Trinajstić information content (AvgIpc) is 3.49. The molecule has 7 nitrogen and oxygen atoms in total. The number of hydrogen-bond acceptors (Lipinski definition) is 5. The van der Waals surface area contributed by atoms with Gasteiger partial charge in [-0.15, -0.1) is 0 Å². The minimum atomic E-state index is -0.294. The summed E-state index contributed by atoms with van der Waals surface area (Å²) in [5, 5.41) is 8.29. The highest BCUT2D eigenvalue weighted by molar-refractivity contribution is 6.06. The standard InChI is InChI=1S/C37H41N3O4/c1-5-13-30-34-31(39(4)38-30)24-42-22-10-9-21-40-35-29(20-19-25(3)33(34)35)28(36(40)37(41)43-6-2)17-12-23-44-32-18-11-15-26-14-7-8-16-27(26)32/h7-11,14-16,18-20H,5-6,12-13,17,21-24H2,1-4H3/b10-9-. The fourth-order valence-electron chi connectivity index (χ4n) is 6.51. The minimum absolute atomic E-state index is 0.294. The van der Waals surface area contributed by atoms with Crippen LogP contribution < -0.4 is 4.74 Å². The van der Waals surface area contributed by atoms with Gasteiger partial charge in [-0.2, -0.15) is 5.10 Å². The van der Waals surface area contributed by atoms with Crippen LogP contribution in [0, 0.1) is 6.92 Å². The van der Waals surface area contributed by atoms with E-state index < -0.39 is 0 Å². The van der Waals surface area contributed by atoms with Crippen molar-refractivity contribution in [3.05, 3.63) is 95.0 Å². The van der Waals surface area contributed by atoms with Crippen LogP contribution in [0.5, 0.6) is 5.75 Å². The first-order valence-corrected chi connectivity index (χ1v) is 15.7. The monoisotopic (exact) mass is 591 g/mol. The van der Waals surface area contributed by atoms with Crippen LogP contribution in [0.15, 0.2) is 66.7 Å². The zero-order chi connectivity index (χ0) is 30.6. The van der Waals surface area contributed by atoms with E-state index in [1.54, 1.807) is 0 Å². The molecule has 0 N–H and O–H groups in total. The Morgan fingerprint density at radius 1 is 0.977 bits per heavy atom. The Balaban J connectivity index is 1.47. The molecule has 44 heavy (non-hydrogen) atoms. The summed E-state index contributed by atoms with van der Waals surface area (Å²) >= 11 is 0. The van der Waals surface area contributed by atoms with Crippen molar-refractivity contribution in [3.63, 3.8) is 0 Å². The van der Waals surface area contributed by atoms with E-state index in [0.29, 0.717) is 45.1 Å². The number of benzene rings is 3. The van der Waals surface area contributed by atoms with Crippen molar-refractivity contribution in [1.29, 1.82) is 0 Å². The second-order valence-corrected chi connectivity index (χ2v) is 11.4. The predicted molar refractivity (Wildman–Crippen MR) is 175 cm³/mol. The van der Waals surface area contributed by atoms with Crippen molar-refractivity contribution in [3.8, 4) is 16.9 Å². The third-order valence-corrected chi connectivity index (χ3v) is 8.47. The van der Waals surface area contributed by atoms with Gasteiger partial charge in [-0.1, -0.05) is 74.0 Å². The summed E-state index contributed by atoms with van der Waals surface area (Å²) < 4.78 is 22.2. The maximum atomic E-state index is 13.7. The van der Waals surface area contributed by atoms with Gasteiger partial charge in [0.25, 0.3) is 0 Å². The Labute approximate surface area is 259 Å². The molecule has 0 atom stereocenters. The number of ether oxygens (including phenoxy) is 3. The van der Waals surface area contributed by atoms with E-state index in [4.69, 9.17) is 19.3 Å². The molecular formula is C37H41N3O4. The molecule has 0 amide bonds. The van der Waals surface area contributed by atoms with Gasteiger partial charge in [0.2, 0.25) is 0 Å². The molecule has 2 aromatic heterocycles. The zero-order valence-corrected chi connectivity index (χ0v) is 26.2. The number of rotatable bonds is 9. The highest BCUT2D eigenvalue weighted by Crippen LogP contribution is 2.41. The number of aryl methyl sites for hydroxylation is 4. The van der Waals surface area contributed by atoms with Crippen LogP contribution in [-0.2, 0) is 42.5 Å². The van der Waals surface area contributed by atoms with Gasteiger partial charge in [0.15, 0.2) is 0 Å². The zero-order valence-electron chi connectivity index (χ0n) is 26.2. The summed E-state index contributed by atoms with van der Waals surface area (Å²) in [4.78, 5) is 13.7. The Morgan fingerprint density at radius 2 is 1.82 bits per heavy atom. The molecule has 0 bridgehead atoms. The third kappa shape index (κ3) is 5.52. The Morgan fingerprint density at radius 3 is 2.66 bits per heavy atom. The first-order valence-electron chi connectivity index (χ1n) is 15.7. The van der Waals surface area contributed by atoms with Crippen molar-refractivity contribution in [2.45, 2.75) is 59.6 Å². The number of fused-ring (bicyclic) bond motifs is 3. The summed E-state index contributed by atoms with van der Waals surface area (Å²) in [6.07, 6.45) is 7.39. The normalized spacial score (nSPS) is 13.9. The maximum Gasteiger partial charge on any atom is 0.355 e.